The summed E-state index contributed by atoms with van der Waals surface area (Å²) in [5, 5.41) is 0. The molecule has 0 amide bonds. The first-order valence-corrected chi connectivity index (χ1v) is 5.62. The van der Waals surface area contributed by atoms with Gasteiger partial charge in [0.1, 0.15) is 5.62 Å². The topological polar surface area (TPSA) is 6.48 Å². The fourth-order valence-corrected chi connectivity index (χ4v) is 3.37. The molecule has 0 radical (unpaired) electrons. The molecule has 1 aliphatic rings. The fraction of sp³-hybridized carbons (Fsp3) is 1.00. The zero-order valence-corrected chi connectivity index (χ0v) is 8.85. The largest absolute Gasteiger partial charge is 0.289 e. The summed E-state index contributed by atoms with van der Waals surface area (Å²) in [6.07, 6.45) is 1.23. The van der Waals surface area contributed by atoms with Crippen LogP contribution in [0, 0.1) is 0 Å². The minimum absolute atomic E-state index is 0.0908. The molecule has 0 saturated carbocycles. The quantitative estimate of drug-likeness (QED) is 0.354. The Labute approximate surface area is 70.1 Å². The minimum Gasteiger partial charge on any atom is -0.289 e. The Morgan fingerprint density at radius 2 is 2.10 bits per heavy atom. The van der Waals surface area contributed by atoms with Gasteiger partial charge in [-0.05, 0) is 19.5 Å². The van der Waals surface area contributed by atoms with Crippen molar-refractivity contribution in [1.29, 1.82) is 0 Å². The second kappa shape index (κ2) is 3.71. The fourth-order valence-electron chi connectivity index (χ4n) is 1.22. The molecule has 1 heterocycles. The number of rotatable bonds is 3. The molecule has 1 rings (SSSR count). The number of hydrogen-bond acceptors (Lipinski definition) is 2. The van der Waals surface area contributed by atoms with Gasteiger partial charge >= 0.3 is 0 Å². The molecule has 0 spiro atoms. The lowest BCUT2D eigenvalue weighted by molar-refractivity contribution is 0.170. The van der Waals surface area contributed by atoms with Gasteiger partial charge in [0, 0.05) is 0 Å². The normalized spacial score (nSPS) is 30.9. The molecular formula is C6H15ClN2Si. The van der Waals surface area contributed by atoms with Gasteiger partial charge in [0.15, 0.2) is 9.84 Å². The van der Waals surface area contributed by atoms with Gasteiger partial charge in [-0.1, -0.05) is 25.4 Å². The van der Waals surface area contributed by atoms with Crippen LogP contribution in [0.2, 0.25) is 0 Å². The summed E-state index contributed by atoms with van der Waals surface area (Å²) in [6, 6.07) is 0. The van der Waals surface area contributed by atoms with Crippen molar-refractivity contribution in [3.63, 3.8) is 0 Å². The first-order chi connectivity index (χ1) is 4.79. The standard InChI is InChI=1S/C6H15ClN2Si/c1-3-5-9-6(7)8(4-2)10-9/h6H,3-5,10H2,1-2H3. The second-order valence-electron chi connectivity index (χ2n) is 2.67. The summed E-state index contributed by atoms with van der Waals surface area (Å²) in [5.74, 6) is 0. The van der Waals surface area contributed by atoms with Gasteiger partial charge in [0.05, 0.1) is 0 Å². The lowest BCUT2D eigenvalue weighted by atomic mass is 10.5. The average molecular weight is 179 g/mol. The lowest BCUT2D eigenvalue weighted by Crippen LogP contribution is -2.63. The maximum atomic E-state index is 6.05. The molecule has 0 aromatic heterocycles. The Hall–Kier alpha value is 0.427. The van der Waals surface area contributed by atoms with E-state index in [1.165, 1.54) is 13.0 Å². The van der Waals surface area contributed by atoms with Crippen LogP contribution in [-0.4, -0.2) is 37.7 Å². The molecule has 0 bridgehead atoms. The second-order valence-corrected chi connectivity index (χ2v) is 4.97. The van der Waals surface area contributed by atoms with Crippen molar-refractivity contribution in [2.24, 2.45) is 0 Å². The molecule has 1 fully saturated rings. The Bertz CT molecular complexity index is 112. The maximum Gasteiger partial charge on any atom is 0.177 e. The van der Waals surface area contributed by atoms with Crippen LogP contribution in [0.4, 0.5) is 0 Å². The molecule has 4 heteroatoms. The third kappa shape index (κ3) is 1.53. The Morgan fingerprint density at radius 1 is 1.40 bits per heavy atom. The molecule has 0 aromatic carbocycles. The van der Waals surface area contributed by atoms with E-state index in [1.54, 1.807) is 0 Å². The Kier molecular flexibility index (Phi) is 3.16. The maximum absolute atomic E-state index is 6.05. The van der Waals surface area contributed by atoms with Gasteiger partial charge in [0.25, 0.3) is 0 Å². The predicted octanol–water partition coefficient (Wildman–Crippen LogP) is 0.555. The third-order valence-electron chi connectivity index (χ3n) is 1.88. The van der Waals surface area contributed by atoms with Gasteiger partial charge in [-0.3, -0.25) is 9.13 Å². The van der Waals surface area contributed by atoms with Crippen LogP contribution in [0.3, 0.4) is 0 Å². The van der Waals surface area contributed by atoms with Gasteiger partial charge in [-0.25, -0.2) is 0 Å². The van der Waals surface area contributed by atoms with E-state index in [0.29, 0.717) is 0 Å². The lowest BCUT2D eigenvalue weighted by Gasteiger charge is -2.46. The van der Waals surface area contributed by atoms with Crippen molar-refractivity contribution in [2.75, 3.05) is 13.1 Å². The predicted molar refractivity (Wildman–Crippen MR) is 47.6 cm³/mol. The highest BCUT2D eigenvalue weighted by atomic mass is 35.5. The molecule has 0 aliphatic carbocycles. The molecule has 2 nitrogen and oxygen atoms in total. The molecular weight excluding hydrogens is 164 g/mol. The van der Waals surface area contributed by atoms with Crippen LogP contribution in [0.15, 0.2) is 0 Å². The number of halogens is 1. The summed E-state index contributed by atoms with van der Waals surface area (Å²) in [5.41, 5.74) is 0.233. The van der Waals surface area contributed by atoms with Crippen molar-refractivity contribution >= 4 is 21.4 Å². The van der Waals surface area contributed by atoms with Crippen LogP contribution >= 0.6 is 11.6 Å². The van der Waals surface area contributed by atoms with Gasteiger partial charge in [0.2, 0.25) is 0 Å². The number of hydrogen-bond donors (Lipinski definition) is 0. The molecule has 0 N–H and O–H groups in total. The average Bonchev–Trinajstić information content (AvgIpc) is 1.96. The highest BCUT2D eigenvalue weighted by molar-refractivity contribution is 6.39. The van der Waals surface area contributed by atoms with Crippen molar-refractivity contribution < 1.29 is 0 Å². The van der Waals surface area contributed by atoms with Gasteiger partial charge in [-0.15, -0.1) is 0 Å². The van der Waals surface area contributed by atoms with E-state index in [4.69, 9.17) is 11.6 Å². The summed E-state index contributed by atoms with van der Waals surface area (Å²) in [4.78, 5) is 0. The van der Waals surface area contributed by atoms with Crippen molar-refractivity contribution in [2.45, 2.75) is 25.9 Å². The van der Waals surface area contributed by atoms with Crippen molar-refractivity contribution in [3.8, 4) is 0 Å². The molecule has 1 saturated heterocycles. The van der Waals surface area contributed by atoms with E-state index in [1.807, 2.05) is 0 Å². The van der Waals surface area contributed by atoms with Crippen LogP contribution in [0.5, 0.6) is 0 Å². The summed E-state index contributed by atoms with van der Waals surface area (Å²) >= 11 is 6.05. The summed E-state index contributed by atoms with van der Waals surface area (Å²) in [6.45, 7) is 6.69. The Morgan fingerprint density at radius 3 is 2.50 bits per heavy atom. The zero-order chi connectivity index (χ0) is 7.56. The van der Waals surface area contributed by atoms with Gasteiger partial charge in [-0.2, -0.15) is 0 Å². The van der Waals surface area contributed by atoms with E-state index in [2.05, 4.69) is 23.0 Å². The van der Waals surface area contributed by atoms with E-state index in [0.717, 1.165) is 6.54 Å². The smallest absolute Gasteiger partial charge is 0.177 e. The zero-order valence-electron chi connectivity index (χ0n) is 6.68. The van der Waals surface area contributed by atoms with Crippen LogP contribution in [0.1, 0.15) is 20.3 Å². The molecule has 60 valence electrons. The molecule has 0 aromatic rings. The van der Waals surface area contributed by atoms with Crippen LogP contribution < -0.4 is 0 Å². The van der Waals surface area contributed by atoms with E-state index in [9.17, 15) is 0 Å². The minimum atomic E-state index is -0.0908. The summed E-state index contributed by atoms with van der Waals surface area (Å²) < 4.78 is 4.78. The first kappa shape index (κ1) is 8.52. The molecule has 1 atom stereocenters. The number of nitrogens with zero attached hydrogens (tertiary/aromatic N) is 2. The van der Waals surface area contributed by atoms with E-state index in [-0.39, 0.29) is 15.5 Å². The van der Waals surface area contributed by atoms with Crippen molar-refractivity contribution in [3.05, 3.63) is 0 Å². The SMILES string of the molecule is CCCN1[SiH2]N(CC)C1Cl. The summed E-state index contributed by atoms with van der Waals surface area (Å²) in [7, 11) is -0.0908. The van der Waals surface area contributed by atoms with Crippen LogP contribution in [-0.2, 0) is 0 Å². The molecule has 10 heavy (non-hydrogen) atoms. The van der Waals surface area contributed by atoms with E-state index < -0.39 is 0 Å². The molecule has 1 aliphatic heterocycles. The monoisotopic (exact) mass is 178 g/mol. The van der Waals surface area contributed by atoms with Gasteiger partial charge < -0.3 is 0 Å². The number of alkyl halides is 1. The third-order valence-corrected chi connectivity index (χ3v) is 5.08. The highest BCUT2D eigenvalue weighted by Gasteiger charge is 2.32. The van der Waals surface area contributed by atoms with E-state index >= 15 is 0 Å². The Balaban J connectivity index is 2.18. The molecule has 1 unspecified atom stereocenters. The van der Waals surface area contributed by atoms with Crippen LogP contribution in [0.25, 0.3) is 0 Å². The first-order valence-electron chi connectivity index (χ1n) is 3.91. The van der Waals surface area contributed by atoms with Crippen molar-refractivity contribution in [1.82, 2.24) is 9.13 Å². The highest BCUT2D eigenvalue weighted by Crippen LogP contribution is 2.19.